The SMILES string of the molecule is [Pt].[Pt].[c-]1c(Oc2[c-]c3c(cc2)ccc2c3ncc3oc4ccccc4c32)cccc1N1C=CN(c2ccccc2)[CH-]1.[c-]1c(Oc2[c-]c3c(cc2)ccc2c3ncc3oc4ccccc4c32)cccc1N1[CH-]N(c2ccccc2)c2ccccc21. The molecule has 0 amide bonds. The molecule has 15 aromatic rings. The van der Waals surface area contributed by atoms with E-state index in [0.29, 0.717) is 23.0 Å². The van der Waals surface area contributed by atoms with Gasteiger partial charge in [-0.3, -0.25) is 0 Å². The zero-order valence-electron chi connectivity index (χ0n) is 44.2. The van der Waals surface area contributed by atoms with Crippen LogP contribution in [-0.4, -0.2) is 9.97 Å². The maximum absolute atomic E-state index is 6.37. The number of furan rings is 2. The molecule has 0 aliphatic carbocycles. The van der Waals surface area contributed by atoms with Crippen molar-refractivity contribution in [3.05, 3.63) is 281 Å². The molecule has 12 heteroatoms. The van der Waals surface area contributed by atoms with Gasteiger partial charge in [0.05, 0.1) is 12.4 Å². The van der Waals surface area contributed by atoms with E-state index in [0.717, 1.165) is 121 Å². The molecule has 11 aromatic carbocycles. The van der Waals surface area contributed by atoms with Gasteiger partial charge >= 0.3 is 0 Å². The minimum atomic E-state index is 0. The zero-order chi connectivity index (χ0) is 54.1. The Balaban J connectivity index is 0.000000147. The number of pyridine rings is 2. The molecular weight excluding hydrogens is 1400 g/mol. The predicted molar refractivity (Wildman–Crippen MR) is 328 cm³/mol. The van der Waals surface area contributed by atoms with Crippen molar-refractivity contribution in [2.75, 3.05) is 19.6 Å². The maximum atomic E-state index is 6.37. The standard InChI is InChI=1S/C38H22N3O2.C34H20N3O2.2Pt/c1-2-9-26(10-3-1)40-24-41(34-15-6-5-14-33(34)40)27-11-8-12-28(21-27)42-29-19-17-25-18-20-31-37-30-13-4-7-16-35(30)43-36(37)23-39-38(31)32(25)22-29;1-2-7-24(8-3-1)36-17-18-37(22-36)25-9-6-10-26(19-25)38-27-15-13-23-14-16-29-33-28-11-4-5-12-31(28)39-32(33)21-35-34(29)30(23)20-27;;/h1-20,23-24H;1-18,21-22H;;/q2*-3;;. The van der Waals surface area contributed by atoms with Gasteiger partial charge in [-0.2, -0.15) is 12.1 Å². The van der Waals surface area contributed by atoms with E-state index in [2.05, 4.69) is 131 Å². The number of para-hydroxylation sites is 6. The second-order valence-corrected chi connectivity index (χ2v) is 19.9. The number of hydrogen-bond donors (Lipinski definition) is 0. The Kier molecular flexibility index (Phi) is 13.6. The Hall–Kier alpha value is -9.72. The van der Waals surface area contributed by atoms with Crippen molar-refractivity contribution >= 4 is 121 Å². The van der Waals surface area contributed by atoms with E-state index < -0.39 is 0 Å². The van der Waals surface area contributed by atoms with Crippen molar-refractivity contribution < 1.29 is 60.4 Å². The van der Waals surface area contributed by atoms with Gasteiger partial charge in [-0.25, -0.2) is 0 Å². The molecule has 6 heterocycles. The summed E-state index contributed by atoms with van der Waals surface area (Å²) in [4.78, 5) is 18.0. The molecule has 2 aliphatic rings. The maximum Gasteiger partial charge on any atom is 0.152 e. The van der Waals surface area contributed by atoms with Crippen LogP contribution < -0.4 is 29.1 Å². The van der Waals surface area contributed by atoms with Gasteiger partial charge in [0.1, 0.15) is 11.2 Å². The Bertz CT molecular complexity index is 5010. The van der Waals surface area contributed by atoms with Crippen LogP contribution in [0.3, 0.4) is 0 Å². The van der Waals surface area contributed by atoms with Crippen molar-refractivity contribution in [1.29, 1.82) is 0 Å². The molecule has 0 atom stereocenters. The second-order valence-electron chi connectivity index (χ2n) is 19.9. The number of fused-ring (bicyclic) bond motifs is 15. The fraction of sp³-hybridized carbons (Fsp3) is 0. The zero-order valence-corrected chi connectivity index (χ0v) is 48.7. The molecule has 0 saturated carbocycles. The van der Waals surface area contributed by atoms with Crippen molar-refractivity contribution in [2.24, 2.45) is 0 Å². The average molecular weight is 1450 g/mol. The van der Waals surface area contributed by atoms with E-state index in [1.54, 1.807) is 12.4 Å². The Morgan fingerprint density at radius 1 is 0.357 bits per heavy atom. The summed E-state index contributed by atoms with van der Waals surface area (Å²) in [5, 5.41) is 10.3. The largest absolute Gasteiger partial charge is 0.503 e. The molecule has 0 N–H and O–H groups in total. The number of anilines is 6. The Morgan fingerprint density at radius 3 is 1.40 bits per heavy atom. The summed E-state index contributed by atoms with van der Waals surface area (Å²) in [7, 11) is 0. The van der Waals surface area contributed by atoms with E-state index in [4.69, 9.17) is 28.3 Å². The van der Waals surface area contributed by atoms with Gasteiger partial charge in [0.2, 0.25) is 0 Å². The van der Waals surface area contributed by atoms with Crippen molar-refractivity contribution in [1.82, 2.24) is 9.97 Å². The van der Waals surface area contributed by atoms with Crippen LogP contribution in [0.1, 0.15) is 0 Å². The van der Waals surface area contributed by atoms with Gasteiger partial charge in [0.25, 0.3) is 0 Å². The van der Waals surface area contributed by atoms with E-state index in [9.17, 15) is 0 Å². The minimum Gasteiger partial charge on any atom is -0.503 e. The number of ether oxygens (including phenoxy) is 2. The number of nitrogens with zero attached hydrogens (tertiary/aromatic N) is 6. The first kappa shape index (κ1) is 52.4. The fourth-order valence-electron chi connectivity index (χ4n) is 11.2. The molecule has 0 bridgehead atoms. The summed E-state index contributed by atoms with van der Waals surface area (Å²) in [5.41, 5.74) is 11.1. The van der Waals surface area contributed by atoms with Gasteiger partial charge in [0, 0.05) is 109 Å². The first-order valence-electron chi connectivity index (χ1n) is 26.8. The monoisotopic (exact) mass is 1440 g/mol. The van der Waals surface area contributed by atoms with Crippen molar-refractivity contribution in [2.45, 2.75) is 0 Å². The van der Waals surface area contributed by atoms with Gasteiger partial charge in [0.15, 0.2) is 11.2 Å². The summed E-state index contributed by atoms with van der Waals surface area (Å²) in [5.74, 6) is 2.42. The molecule has 0 spiro atoms. The van der Waals surface area contributed by atoms with Crippen LogP contribution in [0.2, 0.25) is 0 Å². The molecule has 84 heavy (non-hydrogen) atoms. The van der Waals surface area contributed by atoms with Gasteiger partial charge < -0.3 is 47.9 Å². The van der Waals surface area contributed by atoms with Crippen LogP contribution in [0.4, 0.5) is 34.1 Å². The van der Waals surface area contributed by atoms with Crippen LogP contribution in [0.25, 0.3) is 87.2 Å². The predicted octanol–water partition coefficient (Wildman–Crippen LogP) is 18.7. The smallest absolute Gasteiger partial charge is 0.152 e. The number of benzene rings is 11. The van der Waals surface area contributed by atoms with Gasteiger partial charge in [-0.15, -0.1) is 107 Å². The quantitative estimate of drug-likeness (QED) is 0.108. The van der Waals surface area contributed by atoms with Crippen LogP contribution in [-0.2, 0) is 42.1 Å². The molecule has 0 radical (unpaired) electrons. The van der Waals surface area contributed by atoms with Crippen LogP contribution in [0.5, 0.6) is 23.0 Å². The number of aromatic nitrogens is 2. The normalized spacial score (nSPS) is 12.8. The number of rotatable bonds is 8. The molecule has 410 valence electrons. The average Bonchev–Trinajstić information content (AvgIpc) is 4.47. The van der Waals surface area contributed by atoms with Gasteiger partial charge in [-0.1, -0.05) is 121 Å². The minimum absolute atomic E-state index is 0. The van der Waals surface area contributed by atoms with Crippen LogP contribution in [0.15, 0.2) is 252 Å². The third kappa shape index (κ3) is 9.34. The Morgan fingerprint density at radius 2 is 0.821 bits per heavy atom. The summed E-state index contributed by atoms with van der Waals surface area (Å²) >= 11 is 0. The first-order chi connectivity index (χ1) is 40.6. The topological polar surface area (TPSA) is 83.5 Å². The van der Waals surface area contributed by atoms with E-state index >= 15 is 0 Å². The van der Waals surface area contributed by atoms with Crippen molar-refractivity contribution in [3.8, 4) is 23.0 Å². The van der Waals surface area contributed by atoms with Crippen LogP contribution in [0, 0.1) is 37.6 Å². The van der Waals surface area contributed by atoms with E-state index in [1.165, 1.54) is 0 Å². The molecule has 4 aromatic heterocycles. The summed E-state index contributed by atoms with van der Waals surface area (Å²) in [6.07, 6.45) is 7.63. The van der Waals surface area contributed by atoms with E-state index in [1.807, 2.05) is 157 Å². The molecule has 10 nitrogen and oxygen atoms in total. The molecule has 17 rings (SSSR count). The second kappa shape index (κ2) is 21.9. The molecular formula is C72H42N6O4Pt2-6. The third-order valence-corrected chi connectivity index (χ3v) is 15.0. The molecule has 2 aliphatic heterocycles. The Labute approximate surface area is 511 Å². The van der Waals surface area contributed by atoms with Crippen molar-refractivity contribution in [3.63, 3.8) is 0 Å². The summed E-state index contributed by atoms with van der Waals surface area (Å²) < 4.78 is 24.7. The third-order valence-electron chi connectivity index (χ3n) is 15.0. The summed E-state index contributed by atoms with van der Waals surface area (Å²) in [6, 6.07) is 87.1. The fourth-order valence-corrected chi connectivity index (χ4v) is 11.2. The molecule has 0 unspecified atom stereocenters. The molecule has 0 saturated heterocycles. The van der Waals surface area contributed by atoms with Crippen LogP contribution >= 0.6 is 0 Å². The molecule has 0 fully saturated rings. The summed E-state index contributed by atoms with van der Waals surface area (Å²) in [6.45, 7) is 4.11. The van der Waals surface area contributed by atoms with E-state index in [-0.39, 0.29) is 42.1 Å². The van der Waals surface area contributed by atoms with Gasteiger partial charge in [-0.05, 0) is 82.7 Å². The first-order valence-corrected chi connectivity index (χ1v) is 26.8. The number of hydrogen-bond acceptors (Lipinski definition) is 10.